The first-order valence-corrected chi connectivity index (χ1v) is 8.68. The number of fused-ring (bicyclic) bond motifs is 1. The van der Waals surface area contributed by atoms with Crippen LogP contribution in [0.25, 0.3) is 5.52 Å². The van der Waals surface area contributed by atoms with Gasteiger partial charge in [0.1, 0.15) is 5.82 Å². The first-order valence-electron chi connectivity index (χ1n) is 6.96. The van der Waals surface area contributed by atoms with E-state index in [1.54, 1.807) is 6.20 Å². The topological polar surface area (TPSA) is 77.5 Å². The average molecular weight is 293 g/mol. The van der Waals surface area contributed by atoms with E-state index in [2.05, 4.69) is 4.98 Å². The second-order valence-corrected chi connectivity index (χ2v) is 7.80. The molecule has 0 bridgehead atoms. The molecule has 0 radical (unpaired) electrons. The highest BCUT2D eigenvalue weighted by Gasteiger charge is 2.29. The van der Waals surface area contributed by atoms with Crippen molar-refractivity contribution in [1.82, 2.24) is 9.38 Å². The van der Waals surface area contributed by atoms with Gasteiger partial charge in [0, 0.05) is 19.2 Å². The van der Waals surface area contributed by atoms with Crippen LogP contribution in [0.1, 0.15) is 30.7 Å². The summed E-state index contributed by atoms with van der Waals surface area (Å²) < 4.78 is 26.1. The van der Waals surface area contributed by atoms with Crippen LogP contribution in [0.5, 0.6) is 0 Å². The minimum absolute atomic E-state index is 0.281. The highest BCUT2D eigenvalue weighted by atomic mass is 32.2. The van der Waals surface area contributed by atoms with Crippen LogP contribution in [-0.2, 0) is 22.8 Å². The summed E-state index contributed by atoms with van der Waals surface area (Å²) in [7, 11) is -2.95. The van der Waals surface area contributed by atoms with Crippen LogP contribution in [0.2, 0.25) is 0 Å². The minimum atomic E-state index is -2.95. The molecular formula is C14H19N3O2S. The zero-order valence-corrected chi connectivity index (χ0v) is 12.1. The number of hydrogen-bond donors (Lipinski definition) is 1. The lowest BCUT2D eigenvalue weighted by molar-refractivity contribution is 0.534. The van der Waals surface area contributed by atoms with Crippen molar-refractivity contribution in [2.45, 2.75) is 37.5 Å². The Balaban J connectivity index is 1.91. The molecule has 0 aromatic carbocycles. The molecule has 1 saturated heterocycles. The molecule has 1 unspecified atom stereocenters. The number of nitrogens with zero attached hydrogens (tertiary/aromatic N) is 2. The highest BCUT2D eigenvalue weighted by molar-refractivity contribution is 7.92. The molecule has 0 aliphatic carbocycles. The Morgan fingerprint density at radius 1 is 1.40 bits per heavy atom. The molecule has 2 aromatic heterocycles. The van der Waals surface area contributed by atoms with Crippen LogP contribution in [-0.4, -0.2) is 28.8 Å². The predicted molar refractivity (Wildman–Crippen MR) is 78.2 cm³/mol. The van der Waals surface area contributed by atoms with Gasteiger partial charge in [-0.2, -0.15) is 0 Å². The van der Waals surface area contributed by atoms with Crippen molar-refractivity contribution in [3.8, 4) is 0 Å². The van der Waals surface area contributed by atoms with Crippen LogP contribution < -0.4 is 5.73 Å². The van der Waals surface area contributed by atoms with E-state index in [4.69, 9.17) is 5.73 Å². The number of pyridine rings is 1. The van der Waals surface area contributed by atoms with E-state index < -0.39 is 9.84 Å². The molecule has 1 fully saturated rings. The van der Waals surface area contributed by atoms with Crippen LogP contribution in [0.15, 0.2) is 24.5 Å². The number of aromatic nitrogens is 2. The van der Waals surface area contributed by atoms with E-state index in [-0.39, 0.29) is 5.25 Å². The van der Waals surface area contributed by atoms with E-state index in [9.17, 15) is 8.42 Å². The fraction of sp³-hybridized carbons (Fsp3) is 0.500. The Kier molecular flexibility index (Phi) is 3.52. The SMILES string of the molecule is NCc1ccn2c(CC3CCCCS3(=O)=O)ncc2c1. The zero-order valence-electron chi connectivity index (χ0n) is 11.3. The zero-order chi connectivity index (χ0) is 14.2. The van der Waals surface area contributed by atoms with Gasteiger partial charge in [-0.25, -0.2) is 13.4 Å². The molecule has 3 rings (SSSR count). The lowest BCUT2D eigenvalue weighted by Gasteiger charge is -2.21. The summed E-state index contributed by atoms with van der Waals surface area (Å²) in [6.07, 6.45) is 6.74. The molecule has 1 aliphatic rings. The van der Waals surface area contributed by atoms with Crippen LogP contribution in [0, 0.1) is 0 Å². The third-order valence-corrected chi connectivity index (χ3v) is 6.31. The fourth-order valence-electron chi connectivity index (χ4n) is 2.83. The summed E-state index contributed by atoms with van der Waals surface area (Å²) in [5, 5.41) is -0.281. The summed E-state index contributed by atoms with van der Waals surface area (Å²) in [5.74, 6) is 1.14. The summed E-state index contributed by atoms with van der Waals surface area (Å²) in [6.45, 7) is 0.494. The highest BCUT2D eigenvalue weighted by Crippen LogP contribution is 2.23. The second-order valence-electron chi connectivity index (χ2n) is 5.40. The molecular weight excluding hydrogens is 274 g/mol. The molecule has 2 N–H and O–H groups in total. The van der Waals surface area contributed by atoms with Crippen molar-refractivity contribution in [1.29, 1.82) is 0 Å². The Morgan fingerprint density at radius 2 is 2.25 bits per heavy atom. The maximum Gasteiger partial charge on any atom is 0.153 e. The van der Waals surface area contributed by atoms with Gasteiger partial charge >= 0.3 is 0 Å². The first-order chi connectivity index (χ1) is 9.60. The van der Waals surface area contributed by atoms with Crippen molar-refractivity contribution in [2.24, 2.45) is 5.73 Å². The quantitative estimate of drug-likeness (QED) is 0.925. The monoisotopic (exact) mass is 293 g/mol. The summed E-state index contributed by atoms with van der Waals surface area (Å²) in [5.41, 5.74) is 7.64. The predicted octanol–water partition coefficient (Wildman–Crippen LogP) is 1.30. The van der Waals surface area contributed by atoms with E-state index >= 15 is 0 Å². The van der Waals surface area contributed by atoms with Crippen molar-refractivity contribution in [3.63, 3.8) is 0 Å². The smallest absolute Gasteiger partial charge is 0.153 e. The standard InChI is InChI=1S/C14H19N3O2S/c15-9-11-4-5-17-12(7-11)10-16-14(17)8-13-3-1-2-6-20(13,18)19/h4-5,7,10,13H,1-3,6,8-9,15H2. The summed E-state index contributed by atoms with van der Waals surface area (Å²) in [4.78, 5) is 4.39. The van der Waals surface area contributed by atoms with Gasteiger partial charge in [-0.05, 0) is 30.5 Å². The Bertz CT molecular complexity index is 721. The number of rotatable bonds is 3. The lowest BCUT2D eigenvalue weighted by Crippen LogP contribution is -2.30. The van der Waals surface area contributed by atoms with Gasteiger partial charge in [0.05, 0.1) is 22.7 Å². The third kappa shape index (κ3) is 2.45. The minimum Gasteiger partial charge on any atom is -0.326 e. The van der Waals surface area contributed by atoms with E-state index in [1.807, 2.05) is 22.7 Å². The Morgan fingerprint density at radius 3 is 3.00 bits per heavy atom. The number of imidazole rings is 1. The summed E-state index contributed by atoms with van der Waals surface area (Å²) in [6, 6.07) is 3.94. The fourth-order valence-corrected chi connectivity index (χ4v) is 4.70. The molecule has 1 aliphatic heterocycles. The Labute approximate surface area is 118 Å². The van der Waals surface area contributed by atoms with E-state index in [1.165, 1.54) is 0 Å². The second kappa shape index (κ2) is 5.18. The largest absolute Gasteiger partial charge is 0.326 e. The molecule has 0 saturated carbocycles. The molecule has 6 heteroatoms. The van der Waals surface area contributed by atoms with Gasteiger partial charge in [-0.1, -0.05) is 6.42 Å². The molecule has 0 spiro atoms. The molecule has 0 amide bonds. The number of hydrogen-bond acceptors (Lipinski definition) is 4. The van der Waals surface area contributed by atoms with Crippen molar-refractivity contribution in [3.05, 3.63) is 35.9 Å². The molecule has 108 valence electrons. The van der Waals surface area contributed by atoms with Gasteiger partial charge in [0.25, 0.3) is 0 Å². The third-order valence-electron chi connectivity index (χ3n) is 4.03. The first kappa shape index (κ1) is 13.6. The molecule has 1 atom stereocenters. The van der Waals surface area contributed by atoms with E-state index in [0.29, 0.717) is 18.7 Å². The molecule has 3 heterocycles. The molecule has 5 nitrogen and oxygen atoms in total. The van der Waals surface area contributed by atoms with E-state index in [0.717, 1.165) is 36.2 Å². The maximum atomic E-state index is 12.1. The van der Waals surface area contributed by atoms with Crippen molar-refractivity contribution in [2.75, 3.05) is 5.75 Å². The Hall–Kier alpha value is -1.40. The molecule has 2 aromatic rings. The summed E-state index contributed by atoms with van der Waals surface area (Å²) >= 11 is 0. The van der Waals surface area contributed by atoms with Crippen LogP contribution in [0.4, 0.5) is 0 Å². The van der Waals surface area contributed by atoms with Crippen LogP contribution >= 0.6 is 0 Å². The van der Waals surface area contributed by atoms with Crippen LogP contribution in [0.3, 0.4) is 0 Å². The van der Waals surface area contributed by atoms with Gasteiger partial charge in [0.15, 0.2) is 9.84 Å². The van der Waals surface area contributed by atoms with Gasteiger partial charge in [-0.15, -0.1) is 0 Å². The van der Waals surface area contributed by atoms with Crippen molar-refractivity contribution >= 4 is 15.4 Å². The van der Waals surface area contributed by atoms with Gasteiger partial charge in [0.2, 0.25) is 0 Å². The maximum absolute atomic E-state index is 12.1. The number of nitrogens with two attached hydrogens (primary N) is 1. The molecule has 20 heavy (non-hydrogen) atoms. The number of sulfone groups is 1. The van der Waals surface area contributed by atoms with Gasteiger partial charge in [-0.3, -0.25) is 0 Å². The van der Waals surface area contributed by atoms with Crippen molar-refractivity contribution < 1.29 is 8.42 Å². The van der Waals surface area contributed by atoms with Gasteiger partial charge < -0.3 is 10.1 Å². The normalized spacial score (nSPS) is 22.1. The lowest BCUT2D eigenvalue weighted by atomic mass is 10.1. The average Bonchev–Trinajstić information content (AvgIpc) is 2.83.